The number of methoxy groups -OCH3 is 1. The molecule has 0 amide bonds. The van der Waals surface area contributed by atoms with E-state index in [9.17, 15) is 0 Å². The highest BCUT2D eigenvalue weighted by Gasteiger charge is 2.20. The number of hydrogen-bond donors (Lipinski definition) is 0. The average molecular weight is 234 g/mol. The number of amidine groups is 1. The van der Waals surface area contributed by atoms with Crippen LogP contribution in [0.5, 0.6) is 5.75 Å². The van der Waals surface area contributed by atoms with Gasteiger partial charge in [-0.1, -0.05) is 26.8 Å². The van der Waals surface area contributed by atoms with Gasteiger partial charge < -0.3 is 9.64 Å². The number of rotatable bonds is 2. The third-order valence-corrected chi connectivity index (χ3v) is 2.38. The topological polar surface area (TPSA) is 24.8 Å². The first-order chi connectivity index (χ1) is 7.84. The van der Waals surface area contributed by atoms with E-state index in [1.165, 1.54) is 0 Å². The second-order valence-electron chi connectivity index (χ2n) is 5.28. The molecule has 0 heterocycles. The SMILES string of the molecule is COc1cccc(N=C(N(C)C)C(C)(C)C)c1. The van der Waals surface area contributed by atoms with Crippen LogP contribution in [0, 0.1) is 5.41 Å². The Morgan fingerprint density at radius 1 is 1.24 bits per heavy atom. The van der Waals surface area contributed by atoms with Crippen molar-refractivity contribution < 1.29 is 4.74 Å². The summed E-state index contributed by atoms with van der Waals surface area (Å²) >= 11 is 0. The quantitative estimate of drug-likeness (QED) is 0.579. The summed E-state index contributed by atoms with van der Waals surface area (Å²) in [5.74, 6) is 1.88. The first kappa shape index (κ1) is 13.6. The molecule has 0 unspecified atom stereocenters. The van der Waals surface area contributed by atoms with Crippen molar-refractivity contribution in [2.75, 3.05) is 21.2 Å². The van der Waals surface area contributed by atoms with Crippen LogP contribution < -0.4 is 4.74 Å². The maximum Gasteiger partial charge on any atom is 0.121 e. The van der Waals surface area contributed by atoms with E-state index in [2.05, 4.69) is 25.7 Å². The number of hydrogen-bond acceptors (Lipinski definition) is 2. The number of nitrogens with zero attached hydrogens (tertiary/aromatic N) is 2. The van der Waals surface area contributed by atoms with Gasteiger partial charge >= 0.3 is 0 Å². The monoisotopic (exact) mass is 234 g/mol. The van der Waals surface area contributed by atoms with Gasteiger partial charge in [-0.15, -0.1) is 0 Å². The molecule has 0 N–H and O–H groups in total. The Labute approximate surface area is 104 Å². The highest BCUT2D eigenvalue weighted by Crippen LogP contribution is 2.24. The molecule has 0 atom stereocenters. The molecule has 0 bridgehead atoms. The Balaban J connectivity index is 3.13. The fourth-order valence-corrected chi connectivity index (χ4v) is 1.74. The van der Waals surface area contributed by atoms with Crippen LogP contribution in [0.4, 0.5) is 5.69 Å². The molecule has 0 aliphatic heterocycles. The fourth-order valence-electron chi connectivity index (χ4n) is 1.74. The van der Waals surface area contributed by atoms with Crippen LogP contribution in [-0.2, 0) is 0 Å². The van der Waals surface area contributed by atoms with E-state index in [-0.39, 0.29) is 5.41 Å². The summed E-state index contributed by atoms with van der Waals surface area (Å²) in [6.07, 6.45) is 0. The molecule has 0 radical (unpaired) electrons. The molecular formula is C14H22N2O. The fraction of sp³-hybridized carbons (Fsp3) is 0.500. The van der Waals surface area contributed by atoms with Gasteiger partial charge in [-0.3, -0.25) is 0 Å². The van der Waals surface area contributed by atoms with Gasteiger partial charge in [-0.25, -0.2) is 4.99 Å². The molecular weight excluding hydrogens is 212 g/mol. The van der Waals surface area contributed by atoms with Gasteiger partial charge in [0.1, 0.15) is 11.6 Å². The molecule has 0 saturated heterocycles. The lowest BCUT2D eigenvalue weighted by molar-refractivity contribution is 0.415. The molecule has 0 fully saturated rings. The van der Waals surface area contributed by atoms with Crippen LogP contribution in [0.1, 0.15) is 20.8 Å². The van der Waals surface area contributed by atoms with Crippen LogP contribution in [0.2, 0.25) is 0 Å². The van der Waals surface area contributed by atoms with E-state index in [1.807, 2.05) is 38.4 Å². The Hall–Kier alpha value is -1.51. The molecule has 94 valence electrons. The summed E-state index contributed by atoms with van der Waals surface area (Å²) < 4.78 is 5.20. The predicted molar refractivity (Wildman–Crippen MR) is 73.2 cm³/mol. The zero-order valence-electron chi connectivity index (χ0n) is 11.6. The van der Waals surface area contributed by atoms with Gasteiger partial charge in [0.05, 0.1) is 12.8 Å². The first-order valence-electron chi connectivity index (χ1n) is 5.75. The Kier molecular flexibility index (Phi) is 4.16. The second kappa shape index (κ2) is 5.21. The van der Waals surface area contributed by atoms with Crippen molar-refractivity contribution in [1.29, 1.82) is 0 Å². The largest absolute Gasteiger partial charge is 0.497 e. The molecule has 0 spiro atoms. The molecule has 3 heteroatoms. The normalized spacial score (nSPS) is 12.5. The smallest absolute Gasteiger partial charge is 0.121 e. The Bertz CT molecular complexity index is 403. The van der Waals surface area contributed by atoms with Crippen molar-refractivity contribution in [2.45, 2.75) is 20.8 Å². The molecule has 17 heavy (non-hydrogen) atoms. The van der Waals surface area contributed by atoms with Gasteiger partial charge in [-0.2, -0.15) is 0 Å². The van der Waals surface area contributed by atoms with E-state index in [4.69, 9.17) is 9.73 Å². The minimum absolute atomic E-state index is 0.0204. The van der Waals surface area contributed by atoms with E-state index in [0.29, 0.717) is 0 Å². The Morgan fingerprint density at radius 3 is 2.35 bits per heavy atom. The first-order valence-corrected chi connectivity index (χ1v) is 5.75. The van der Waals surface area contributed by atoms with Crippen LogP contribution in [0.3, 0.4) is 0 Å². The number of benzene rings is 1. The van der Waals surface area contributed by atoms with Gasteiger partial charge in [-0.05, 0) is 12.1 Å². The summed E-state index contributed by atoms with van der Waals surface area (Å²) in [7, 11) is 5.70. The highest BCUT2D eigenvalue weighted by atomic mass is 16.5. The summed E-state index contributed by atoms with van der Waals surface area (Å²) in [6.45, 7) is 6.48. The minimum atomic E-state index is 0.0204. The summed E-state index contributed by atoms with van der Waals surface area (Å²) in [5, 5.41) is 0. The van der Waals surface area contributed by atoms with Crippen LogP contribution >= 0.6 is 0 Å². The van der Waals surface area contributed by atoms with Crippen molar-refractivity contribution >= 4 is 11.5 Å². The van der Waals surface area contributed by atoms with Crippen LogP contribution in [0.15, 0.2) is 29.3 Å². The van der Waals surface area contributed by atoms with E-state index in [1.54, 1.807) is 7.11 Å². The highest BCUT2D eigenvalue weighted by molar-refractivity contribution is 5.89. The summed E-state index contributed by atoms with van der Waals surface area (Å²) in [4.78, 5) is 6.76. The van der Waals surface area contributed by atoms with E-state index >= 15 is 0 Å². The molecule has 0 aromatic heterocycles. The molecule has 0 saturated carbocycles. The zero-order chi connectivity index (χ0) is 13.1. The van der Waals surface area contributed by atoms with Gasteiger partial charge in [0.15, 0.2) is 0 Å². The third-order valence-electron chi connectivity index (χ3n) is 2.38. The molecule has 3 nitrogen and oxygen atoms in total. The number of ether oxygens (including phenoxy) is 1. The lowest BCUT2D eigenvalue weighted by atomic mass is 9.94. The third kappa shape index (κ3) is 3.77. The maximum atomic E-state index is 5.20. The van der Waals surface area contributed by atoms with Gasteiger partial charge in [0, 0.05) is 25.6 Å². The number of aliphatic imine (C=N–C) groups is 1. The van der Waals surface area contributed by atoms with Crippen molar-refractivity contribution in [3.05, 3.63) is 24.3 Å². The zero-order valence-corrected chi connectivity index (χ0v) is 11.6. The average Bonchev–Trinajstić information content (AvgIpc) is 2.24. The van der Waals surface area contributed by atoms with E-state index < -0.39 is 0 Å². The van der Waals surface area contributed by atoms with Crippen LogP contribution in [-0.4, -0.2) is 31.9 Å². The molecule has 1 aromatic carbocycles. The van der Waals surface area contributed by atoms with Gasteiger partial charge in [0.25, 0.3) is 0 Å². The summed E-state index contributed by atoms with van der Waals surface area (Å²) in [5.41, 5.74) is 0.940. The molecule has 0 aliphatic carbocycles. The summed E-state index contributed by atoms with van der Waals surface area (Å²) in [6, 6.07) is 7.80. The molecule has 0 aliphatic rings. The molecule has 1 rings (SSSR count). The van der Waals surface area contributed by atoms with Crippen molar-refractivity contribution in [3.8, 4) is 5.75 Å². The predicted octanol–water partition coefficient (Wildman–Crippen LogP) is 3.33. The second-order valence-corrected chi connectivity index (χ2v) is 5.28. The van der Waals surface area contributed by atoms with Crippen molar-refractivity contribution in [1.82, 2.24) is 4.90 Å². The standard InChI is InChI=1S/C14H22N2O/c1-14(2,3)13(16(4)5)15-11-8-7-9-12(10-11)17-6/h7-10H,1-6H3. The lowest BCUT2D eigenvalue weighted by Gasteiger charge is -2.27. The molecule has 1 aromatic rings. The van der Waals surface area contributed by atoms with Crippen molar-refractivity contribution in [3.63, 3.8) is 0 Å². The van der Waals surface area contributed by atoms with E-state index in [0.717, 1.165) is 17.3 Å². The van der Waals surface area contributed by atoms with Crippen molar-refractivity contribution in [2.24, 2.45) is 10.4 Å². The van der Waals surface area contributed by atoms with Gasteiger partial charge in [0.2, 0.25) is 0 Å². The maximum absolute atomic E-state index is 5.20. The van der Waals surface area contributed by atoms with Crippen LogP contribution in [0.25, 0.3) is 0 Å². The minimum Gasteiger partial charge on any atom is -0.497 e. The lowest BCUT2D eigenvalue weighted by Crippen LogP contribution is -2.33. The Morgan fingerprint density at radius 2 is 1.88 bits per heavy atom.